The normalized spacial score (nSPS) is 21.4. The number of hydrogen-bond donors (Lipinski definition) is 2. The largest absolute Gasteiger partial charge is 0.351 e. The molecular formula is C17H27N5O2S. The molecule has 2 rings (SSSR count). The van der Waals surface area contributed by atoms with Gasteiger partial charge >= 0.3 is 0 Å². The van der Waals surface area contributed by atoms with Gasteiger partial charge in [0.1, 0.15) is 5.82 Å². The number of amides is 2. The summed E-state index contributed by atoms with van der Waals surface area (Å²) in [6, 6.07) is 1.85. The van der Waals surface area contributed by atoms with Gasteiger partial charge in [0.15, 0.2) is 0 Å². The lowest BCUT2D eigenvalue weighted by Gasteiger charge is -2.21. The Hall–Kier alpha value is -1.67. The zero-order valence-electron chi connectivity index (χ0n) is 14.9. The van der Waals surface area contributed by atoms with Crippen molar-refractivity contribution in [2.24, 2.45) is 5.92 Å². The third kappa shape index (κ3) is 6.99. The fourth-order valence-corrected chi connectivity index (χ4v) is 3.41. The van der Waals surface area contributed by atoms with Gasteiger partial charge in [0.05, 0.1) is 18.2 Å². The highest BCUT2D eigenvalue weighted by atomic mass is 32.2. The molecule has 0 radical (unpaired) electrons. The van der Waals surface area contributed by atoms with E-state index in [1.165, 1.54) is 0 Å². The second kappa shape index (κ2) is 10.4. The van der Waals surface area contributed by atoms with E-state index in [1.807, 2.05) is 14.0 Å². The van der Waals surface area contributed by atoms with Crippen LogP contribution in [0.15, 0.2) is 18.5 Å². The second-order valence-electron chi connectivity index (χ2n) is 6.28. The zero-order chi connectivity index (χ0) is 18.1. The highest BCUT2D eigenvalue weighted by molar-refractivity contribution is 7.99. The molecule has 0 spiro atoms. The molecule has 25 heavy (non-hydrogen) atoms. The Morgan fingerprint density at radius 2 is 2.04 bits per heavy atom. The van der Waals surface area contributed by atoms with Gasteiger partial charge in [-0.15, -0.1) is 0 Å². The number of aromatic nitrogens is 2. The number of likely N-dealkylation sites (tertiary alicyclic amines) is 1. The van der Waals surface area contributed by atoms with Crippen molar-refractivity contribution in [3.05, 3.63) is 24.3 Å². The number of nitrogens with one attached hydrogen (secondary N) is 2. The van der Waals surface area contributed by atoms with E-state index in [-0.39, 0.29) is 23.8 Å². The molecule has 1 aromatic heterocycles. The van der Waals surface area contributed by atoms with E-state index in [0.29, 0.717) is 24.7 Å². The van der Waals surface area contributed by atoms with E-state index in [1.54, 1.807) is 30.2 Å². The van der Waals surface area contributed by atoms with E-state index < -0.39 is 0 Å². The molecular weight excluding hydrogens is 338 g/mol. The maximum atomic E-state index is 12.5. The maximum absolute atomic E-state index is 12.5. The summed E-state index contributed by atoms with van der Waals surface area (Å²) in [4.78, 5) is 34.7. The van der Waals surface area contributed by atoms with E-state index >= 15 is 0 Å². The summed E-state index contributed by atoms with van der Waals surface area (Å²) in [5.41, 5.74) is 0. The van der Waals surface area contributed by atoms with Crippen LogP contribution in [0.2, 0.25) is 0 Å². The van der Waals surface area contributed by atoms with Gasteiger partial charge in [0, 0.05) is 31.5 Å². The number of nitrogens with zero attached hydrogens (tertiary/aromatic N) is 3. The minimum atomic E-state index is -0.0827. The van der Waals surface area contributed by atoms with Crippen molar-refractivity contribution in [3.8, 4) is 0 Å². The summed E-state index contributed by atoms with van der Waals surface area (Å²) < 4.78 is 0. The lowest BCUT2D eigenvalue weighted by atomic mass is 10.0. The van der Waals surface area contributed by atoms with Crippen LogP contribution in [-0.4, -0.2) is 64.4 Å². The minimum absolute atomic E-state index is 0.0211. The highest BCUT2D eigenvalue weighted by Crippen LogP contribution is 2.16. The Morgan fingerprint density at radius 3 is 2.76 bits per heavy atom. The number of carbonyl (C=O) groups excluding carboxylic acids is 2. The van der Waals surface area contributed by atoms with Gasteiger partial charge in [-0.3, -0.25) is 9.59 Å². The molecule has 1 aromatic rings. The topological polar surface area (TPSA) is 87.2 Å². The number of hydrogen-bond acceptors (Lipinski definition) is 6. The molecule has 1 aliphatic heterocycles. The summed E-state index contributed by atoms with van der Waals surface area (Å²) >= 11 is 1.62. The van der Waals surface area contributed by atoms with Crippen LogP contribution in [-0.2, 0) is 16.1 Å². The summed E-state index contributed by atoms with van der Waals surface area (Å²) in [5.74, 6) is 2.06. The number of rotatable bonds is 7. The molecule has 0 aromatic carbocycles. The van der Waals surface area contributed by atoms with Crippen LogP contribution in [0, 0.1) is 5.92 Å². The van der Waals surface area contributed by atoms with Gasteiger partial charge in [-0.25, -0.2) is 9.97 Å². The Balaban J connectivity index is 1.81. The van der Waals surface area contributed by atoms with Crippen LogP contribution in [0.3, 0.4) is 0 Å². The highest BCUT2D eigenvalue weighted by Gasteiger charge is 2.27. The van der Waals surface area contributed by atoms with E-state index in [4.69, 9.17) is 0 Å². The van der Waals surface area contributed by atoms with Crippen molar-refractivity contribution >= 4 is 23.6 Å². The first-order valence-electron chi connectivity index (χ1n) is 8.67. The van der Waals surface area contributed by atoms with E-state index in [9.17, 15) is 9.59 Å². The van der Waals surface area contributed by atoms with Crippen LogP contribution >= 0.6 is 11.8 Å². The summed E-state index contributed by atoms with van der Waals surface area (Å²) in [6.45, 7) is 3.85. The number of thioether (sulfide) groups is 1. The van der Waals surface area contributed by atoms with Gasteiger partial charge in [0.2, 0.25) is 11.8 Å². The first kappa shape index (κ1) is 19.7. The van der Waals surface area contributed by atoms with Crippen molar-refractivity contribution in [2.75, 3.05) is 31.6 Å². The second-order valence-corrected chi connectivity index (χ2v) is 7.55. The molecule has 0 aliphatic carbocycles. The summed E-state index contributed by atoms with van der Waals surface area (Å²) in [7, 11) is 1.99. The average molecular weight is 366 g/mol. The molecule has 8 heteroatoms. The summed E-state index contributed by atoms with van der Waals surface area (Å²) in [5, 5.41) is 6.01. The van der Waals surface area contributed by atoms with E-state index in [0.717, 1.165) is 25.1 Å². The van der Waals surface area contributed by atoms with Crippen molar-refractivity contribution in [1.82, 2.24) is 25.5 Å². The number of likely N-dealkylation sites (N-methyl/N-ethyl adjacent to an activating group) is 1. The van der Waals surface area contributed by atoms with Gasteiger partial charge in [-0.2, -0.15) is 11.8 Å². The molecule has 0 unspecified atom stereocenters. The molecule has 2 amide bonds. The van der Waals surface area contributed by atoms with Crippen LogP contribution in [0.5, 0.6) is 0 Å². The molecule has 2 N–H and O–H groups in total. The lowest BCUT2D eigenvalue weighted by molar-refractivity contribution is -0.125. The molecule has 1 aliphatic rings. The van der Waals surface area contributed by atoms with Gasteiger partial charge in [0.25, 0.3) is 0 Å². The SMILES string of the molecule is CCSCC(=O)N[C@H]1CC[C@@H](C(=O)NCc2ncccn2)CN(C)C1. The van der Waals surface area contributed by atoms with Crippen molar-refractivity contribution in [1.29, 1.82) is 0 Å². The molecule has 0 saturated carbocycles. The smallest absolute Gasteiger partial charge is 0.230 e. The molecule has 2 atom stereocenters. The van der Waals surface area contributed by atoms with Crippen molar-refractivity contribution in [3.63, 3.8) is 0 Å². The average Bonchev–Trinajstić information content (AvgIpc) is 2.80. The van der Waals surface area contributed by atoms with Crippen LogP contribution in [0.4, 0.5) is 0 Å². The Morgan fingerprint density at radius 1 is 1.28 bits per heavy atom. The third-order valence-electron chi connectivity index (χ3n) is 4.14. The zero-order valence-corrected chi connectivity index (χ0v) is 15.7. The van der Waals surface area contributed by atoms with E-state index in [2.05, 4.69) is 25.5 Å². The number of carbonyl (C=O) groups is 2. The Bertz CT molecular complexity index is 557. The standard InChI is InChI=1S/C17H27N5O2S/c1-3-25-12-16(23)21-14-6-5-13(10-22(2)11-14)17(24)20-9-15-18-7-4-8-19-15/h4,7-8,13-14H,3,5-6,9-12H2,1-2H3,(H,20,24)(H,21,23)/t13-,14+/m1/s1. The Labute approximate surface area is 153 Å². The molecule has 0 bridgehead atoms. The first-order valence-corrected chi connectivity index (χ1v) is 9.83. The first-order chi connectivity index (χ1) is 12.1. The summed E-state index contributed by atoms with van der Waals surface area (Å²) in [6.07, 6.45) is 4.90. The predicted molar refractivity (Wildman–Crippen MR) is 99.0 cm³/mol. The maximum Gasteiger partial charge on any atom is 0.230 e. The minimum Gasteiger partial charge on any atom is -0.351 e. The van der Waals surface area contributed by atoms with Crippen LogP contribution in [0.1, 0.15) is 25.6 Å². The van der Waals surface area contributed by atoms with Gasteiger partial charge in [-0.1, -0.05) is 6.92 Å². The van der Waals surface area contributed by atoms with Gasteiger partial charge in [-0.05, 0) is 31.7 Å². The molecule has 138 valence electrons. The monoisotopic (exact) mass is 365 g/mol. The third-order valence-corrected chi connectivity index (χ3v) is 5.02. The lowest BCUT2D eigenvalue weighted by Crippen LogP contribution is -2.42. The van der Waals surface area contributed by atoms with Crippen molar-refractivity contribution < 1.29 is 9.59 Å². The molecule has 1 saturated heterocycles. The van der Waals surface area contributed by atoms with Crippen LogP contribution < -0.4 is 10.6 Å². The predicted octanol–water partition coefficient (Wildman–Crippen LogP) is 0.673. The molecule has 2 heterocycles. The molecule has 1 fully saturated rings. The quantitative estimate of drug-likeness (QED) is 0.739. The fourth-order valence-electron chi connectivity index (χ4n) is 2.94. The Kier molecular flexibility index (Phi) is 8.14. The van der Waals surface area contributed by atoms with Crippen molar-refractivity contribution in [2.45, 2.75) is 32.4 Å². The van der Waals surface area contributed by atoms with Crippen LogP contribution in [0.25, 0.3) is 0 Å². The van der Waals surface area contributed by atoms with Gasteiger partial charge < -0.3 is 15.5 Å². The fraction of sp³-hybridized carbons (Fsp3) is 0.647. The molecule has 7 nitrogen and oxygen atoms in total.